The van der Waals surface area contributed by atoms with Gasteiger partial charge in [0.25, 0.3) is 0 Å². The summed E-state index contributed by atoms with van der Waals surface area (Å²) in [6.45, 7) is 10.2. The van der Waals surface area contributed by atoms with E-state index in [9.17, 15) is 0 Å². The topological polar surface area (TPSA) is 58.0 Å². The fraction of sp³-hybridized carbons (Fsp3) is 0.529. The number of anilines is 2. The van der Waals surface area contributed by atoms with Crippen molar-refractivity contribution in [2.24, 2.45) is 0 Å². The summed E-state index contributed by atoms with van der Waals surface area (Å²) >= 11 is 0. The van der Waals surface area contributed by atoms with E-state index in [1.165, 1.54) is 0 Å². The van der Waals surface area contributed by atoms with E-state index in [4.69, 9.17) is 0 Å². The number of likely N-dealkylation sites (N-methyl/N-ethyl adjacent to an activating group) is 1. The summed E-state index contributed by atoms with van der Waals surface area (Å²) in [4.78, 5) is 13.2. The predicted octanol–water partition coefficient (Wildman–Crippen LogP) is 2.20. The summed E-state index contributed by atoms with van der Waals surface area (Å²) < 4.78 is 0. The Morgan fingerprint density at radius 1 is 1.09 bits per heavy atom. The van der Waals surface area contributed by atoms with Crippen LogP contribution in [0.3, 0.4) is 0 Å². The molecule has 6 nitrogen and oxygen atoms in total. The first-order valence-electron chi connectivity index (χ1n) is 7.95. The summed E-state index contributed by atoms with van der Waals surface area (Å²) in [5.41, 5.74) is 1.99. The van der Waals surface area contributed by atoms with Crippen molar-refractivity contribution in [2.75, 3.05) is 29.9 Å². The van der Waals surface area contributed by atoms with Crippen molar-refractivity contribution in [1.29, 1.82) is 0 Å². The Bertz CT molecular complexity index is 653. The van der Waals surface area contributed by atoms with Gasteiger partial charge in [-0.15, -0.1) is 5.10 Å². The highest BCUT2D eigenvalue weighted by Gasteiger charge is 2.32. The van der Waals surface area contributed by atoms with Crippen molar-refractivity contribution in [2.45, 2.75) is 39.2 Å². The molecule has 0 amide bonds. The number of aromatic nitrogens is 4. The maximum absolute atomic E-state index is 4.43. The third-order valence-corrected chi connectivity index (χ3v) is 4.28. The molecule has 0 bridgehead atoms. The number of aryl methyl sites for hydroxylation is 1. The molecule has 0 spiro atoms. The van der Waals surface area contributed by atoms with Gasteiger partial charge in [-0.3, -0.25) is 4.98 Å². The molecule has 1 aliphatic heterocycles. The zero-order valence-electron chi connectivity index (χ0n) is 14.5. The van der Waals surface area contributed by atoms with Crippen molar-refractivity contribution in [3.63, 3.8) is 0 Å². The van der Waals surface area contributed by atoms with E-state index in [2.05, 4.69) is 69.9 Å². The van der Waals surface area contributed by atoms with Crippen LogP contribution >= 0.6 is 0 Å². The number of rotatable bonds is 3. The van der Waals surface area contributed by atoms with Crippen LogP contribution < -0.4 is 9.80 Å². The third-order valence-electron chi connectivity index (χ3n) is 4.28. The highest BCUT2D eigenvalue weighted by atomic mass is 15.4. The Balaban J connectivity index is 1.61. The van der Waals surface area contributed by atoms with Crippen LogP contribution in [0.4, 0.5) is 11.6 Å². The first-order chi connectivity index (χ1) is 10.8. The normalized spacial score (nSPS) is 15.4. The summed E-state index contributed by atoms with van der Waals surface area (Å²) in [6.07, 6.45) is 3.63. The van der Waals surface area contributed by atoms with Crippen LogP contribution in [0.15, 0.2) is 24.5 Å². The molecule has 3 rings (SSSR count). The van der Waals surface area contributed by atoms with Gasteiger partial charge in [-0.25, -0.2) is 4.98 Å². The summed E-state index contributed by atoms with van der Waals surface area (Å²) in [6, 6.07) is 4.57. The smallest absolute Gasteiger partial charge is 0.151 e. The van der Waals surface area contributed by atoms with Gasteiger partial charge in [0.15, 0.2) is 5.82 Å². The Labute approximate surface area is 137 Å². The van der Waals surface area contributed by atoms with Crippen LogP contribution in [-0.2, 0) is 5.41 Å². The van der Waals surface area contributed by atoms with Crippen LogP contribution in [0, 0.1) is 6.92 Å². The van der Waals surface area contributed by atoms with Crippen LogP contribution in [0.25, 0.3) is 0 Å². The Kier molecular flexibility index (Phi) is 3.92. The SMILES string of the molecule is Cc1cnc(N(C)C2CN(c3ccc(C(C)(C)C)nn3)C2)cn1. The van der Waals surface area contributed by atoms with Gasteiger partial charge < -0.3 is 9.80 Å². The van der Waals surface area contributed by atoms with E-state index >= 15 is 0 Å². The van der Waals surface area contributed by atoms with Gasteiger partial charge in [0.2, 0.25) is 0 Å². The maximum atomic E-state index is 4.43. The molecule has 1 fully saturated rings. The summed E-state index contributed by atoms with van der Waals surface area (Å²) in [5.74, 6) is 1.85. The van der Waals surface area contributed by atoms with Crippen molar-refractivity contribution < 1.29 is 0 Å². The van der Waals surface area contributed by atoms with E-state index in [-0.39, 0.29) is 5.41 Å². The Morgan fingerprint density at radius 3 is 2.35 bits per heavy atom. The molecule has 0 radical (unpaired) electrons. The van der Waals surface area contributed by atoms with E-state index in [0.29, 0.717) is 6.04 Å². The molecule has 1 saturated heterocycles. The molecule has 122 valence electrons. The van der Waals surface area contributed by atoms with Crippen LogP contribution in [0.5, 0.6) is 0 Å². The minimum atomic E-state index is 0.0351. The molecule has 23 heavy (non-hydrogen) atoms. The second-order valence-corrected chi connectivity index (χ2v) is 7.21. The monoisotopic (exact) mass is 312 g/mol. The molecule has 0 aliphatic carbocycles. The fourth-order valence-corrected chi connectivity index (χ4v) is 2.54. The highest BCUT2D eigenvalue weighted by Crippen LogP contribution is 2.25. The molecule has 1 aliphatic rings. The van der Waals surface area contributed by atoms with Gasteiger partial charge >= 0.3 is 0 Å². The molecule has 6 heteroatoms. The molecule has 0 aromatic carbocycles. The minimum Gasteiger partial charge on any atom is -0.352 e. The largest absolute Gasteiger partial charge is 0.352 e. The third kappa shape index (κ3) is 3.25. The second kappa shape index (κ2) is 5.76. The van der Waals surface area contributed by atoms with Crippen molar-refractivity contribution in [3.8, 4) is 0 Å². The van der Waals surface area contributed by atoms with Gasteiger partial charge in [0.1, 0.15) is 5.82 Å². The molecule has 2 aromatic rings. The second-order valence-electron chi connectivity index (χ2n) is 7.21. The zero-order chi connectivity index (χ0) is 16.6. The minimum absolute atomic E-state index is 0.0351. The first kappa shape index (κ1) is 15.6. The lowest BCUT2D eigenvalue weighted by Crippen LogP contribution is -2.59. The molecule has 2 aromatic heterocycles. The van der Waals surface area contributed by atoms with Crippen molar-refractivity contribution in [3.05, 3.63) is 35.9 Å². The molecular formula is C17H24N6. The van der Waals surface area contributed by atoms with Gasteiger partial charge in [0, 0.05) is 25.6 Å². The van der Waals surface area contributed by atoms with Crippen LogP contribution in [0.2, 0.25) is 0 Å². The Morgan fingerprint density at radius 2 is 1.83 bits per heavy atom. The van der Waals surface area contributed by atoms with Crippen molar-refractivity contribution in [1.82, 2.24) is 20.2 Å². The number of nitrogens with zero attached hydrogens (tertiary/aromatic N) is 6. The standard InChI is InChI=1S/C17H24N6/c1-12-8-19-16(9-18-12)22(5)13-10-23(11-13)15-7-6-14(20-21-15)17(2,3)4/h6-9,13H,10-11H2,1-5H3. The van der Waals surface area contributed by atoms with E-state index in [0.717, 1.165) is 36.1 Å². The molecular weight excluding hydrogens is 288 g/mol. The highest BCUT2D eigenvalue weighted by molar-refractivity contribution is 5.47. The van der Waals surface area contributed by atoms with Gasteiger partial charge in [-0.2, -0.15) is 5.10 Å². The van der Waals surface area contributed by atoms with Crippen LogP contribution in [0.1, 0.15) is 32.2 Å². The quantitative estimate of drug-likeness (QED) is 0.866. The predicted molar refractivity (Wildman–Crippen MR) is 91.9 cm³/mol. The van der Waals surface area contributed by atoms with Gasteiger partial charge in [-0.05, 0) is 19.1 Å². The molecule has 0 atom stereocenters. The Hall–Kier alpha value is -2.24. The molecule has 0 saturated carbocycles. The lowest BCUT2D eigenvalue weighted by atomic mass is 9.92. The summed E-state index contributed by atoms with van der Waals surface area (Å²) in [7, 11) is 2.07. The fourth-order valence-electron chi connectivity index (χ4n) is 2.54. The molecule has 0 unspecified atom stereocenters. The van der Waals surface area contributed by atoms with Crippen molar-refractivity contribution >= 4 is 11.6 Å². The maximum Gasteiger partial charge on any atom is 0.151 e. The number of hydrogen-bond donors (Lipinski definition) is 0. The van der Waals surface area contributed by atoms with E-state index < -0.39 is 0 Å². The first-order valence-corrected chi connectivity index (χ1v) is 7.95. The van der Waals surface area contributed by atoms with Crippen LogP contribution in [-0.4, -0.2) is 46.3 Å². The van der Waals surface area contributed by atoms with Gasteiger partial charge in [-0.1, -0.05) is 20.8 Å². The van der Waals surface area contributed by atoms with E-state index in [1.807, 2.05) is 13.1 Å². The lowest BCUT2D eigenvalue weighted by Gasteiger charge is -2.44. The lowest BCUT2D eigenvalue weighted by molar-refractivity contribution is 0.485. The number of hydrogen-bond acceptors (Lipinski definition) is 6. The van der Waals surface area contributed by atoms with E-state index in [1.54, 1.807) is 6.20 Å². The molecule has 3 heterocycles. The average Bonchev–Trinajstić information content (AvgIpc) is 2.46. The zero-order valence-corrected chi connectivity index (χ0v) is 14.5. The summed E-state index contributed by atoms with van der Waals surface area (Å²) in [5, 5.41) is 8.74. The average molecular weight is 312 g/mol. The van der Waals surface area contributed by atoms with Gasteiger partial charge in [0.05, 0.1) is 29.8 Å². The molecule has 0 N–H and O–H groups in total.